The highest BCUT2D eigenvalue weighted by atomic mass is 79.9. The maximum Gasteiger partial charge on any atom is 0.432 e. The van der Waals surface area contributed by atoms with Gasteiger partial charge in [0.2, 0.25) is 0 Å². The summed E-state index contributed by atoms with van der Waals surface area (Å²) in [5, 5.41) is 0.599. The average molecular weight is 334 g/mol. The van der Waals surface area contributed by atoms with E-state index < -0.39 is 11.9 Å². The monoisotopic (exact) mass is 333 g/mol. The molecule has 1 aromatic heterocycles. The quantitative estimate of drug-likeness (QED) is 0.620. The molecule has 0 aliphatic heterocycles. The fourth-order valence-corrected chi connectivity index (χ4v) is 2.99. The lowest BCUT2D eigenvalue weighted by atomic mass is 9.86. The average Bonchev–Trinajstić information content (AvgIpc) is 2.49. The molecule has 0 aliphatic rings. The van der Waals surface area contributed by atoms with Crippen molar-refractivity contribution in [2.24, 2.45) is 7.05 Å². The van der Waals surface area contributed by atoms with Crippen LogP contribution in [-0.2, 0) is 18.6 Å². The molecule has 1 aromatic carbocycles. The standard InChI is InChI=1S/C14H15BrF3N/c1-13(2,3)8-5-6-10-9(7-8)11(15)12(19(10)4)14(16,17)18/h5-7H,1-4H3. The lowest BCUT2D eigenvalue weighted by Crippen LogP contribution is -2.11. The van der Waals surface area contributed by atoms with Gasteiger partial charge in [0, 0.05) is 18.0 Å². The van der Waals surface area contributed by atoms with Crippen LogP contribution in [0.25, 0.3) is 10.9 Å². The van der Waals surface area contributed by atoms with Crippen LogP contribution in [0.1, 0.15) is 32.0 Å². The zero-order valence-corrected chi connectivity index (χ0v) is 12.8. The zero-order chi connectivity index (χ0) is 14.6. The molecule has 2 rings (SSSR count). The number of hydrogen-bond acceptors (Lipinski definition) is 0. The fourth-order valence-electron chi connectivity index (χ4n) is 2.18. The molecule has 0 saturated carbocycles. The molecule has 1 heterocycles. The maximum atomic E-state index is 13.0. The normalized spacial score (nSPS) is 13.3. The summed E-state index contributed by atoms with van der Waals surface area (Å²) in [6.45, 7) is 6.11. The first-order valence-electron chi connectivity index (χ1n) is 5.89. The second-order valence-corrected chi connectivity index (χ2v) is 6.49. The molecule has 0 N–H and O–H groups in total. The highest BCUT2D eigenvalue weighted by Gasteiger charge is 2.37. The Balaban J connectivity index is 2.79. The highest BCUT2D eigenvalue weighted by Crippen LogP contribution is 2.41. The first kappa shape index (κ1) is 14.4. The molecule has 0 amide bonds. The Bertz CT molecular complexity index is 633. The Morgan fingerprint density at radius 1 is 1.11 bits per heavy atom. The van der Waals surface area contributed by atoms with E-state index >= 15 is 0 Å². The predicted octanol–water partition coefficient (Wildman–Crippen LogP) is 5.26. The smallest absolute Gasteiger partial charge is 0.339 e. The van der Waals surface area contributed by atoms with Gasteiger partial charge in [-0.25, -0.2) is 0 Å². The van der Waals surface area contributed by atoms with Crippen molar-refractivity contribution in [3.63, 3.8) is 0 Å². The number of halogens is 4. The van der Waals surface area contributed by atoms with E-state index in [-0.39, 0.29) is 9.89 Å². The van der Waals surface area contributed by atoms with Crippen LogP contribution in [0.15, 0.2) is 22.7 Å². The minimum atomic E-state index is -4.37. The van der Waals surface area contributed by atoms with Crippen LogP contribution >= 0.6 is 15.9 Å². The van der Waals surface area contributed by atoms with E-state index in [1.54, 1.807) is 6.07 Å². The fraction of sp³-hybridized carbons (Fsp3) is 0.429. The molecule has 1 nitrogen and oxygen atoms in total. The van der Waals surface area contributed by atoms with Crippen molar-refractivity contribution in [1.82, 2.24) is 4.57 Å². The van der Waals surface area contributed by atoms with Crippen molar-refractivity contribution in [1.29, 1.82) is 0 Å². The second kappa shape index (κ2) is 4.27. The van der Waals surface area contributed by atoms with Crippen molar-refractivity contribution < 1.29 is 13.2 Å². The topological polar surface area (TPSA) is 4.93 Å². The number of nitrogens with zero attached hydrogens (tertiary/aromatic N) is 1. The van der Waals surface area contributed by atoms with Crippen molar-refractivity contribution >= 4 is 26.8 Å². The minimum absolute atomic E-state index is 0.0954. The van der Waals surface area contributed by atoms with Crippen LogP contribution < -0.4 is 0 Å². The Hall–Kier alpha value is -0.970. The van der Waals surface area contributed by atoms with Gasteiger partial charge in [-0.3, -0.25) is 0 Å². The number of rotatable bonds is 0. The molecule has 0 aliphatic carbocycles. The van der Waals surface area contributed by atoms with Gasteiger partial charge in [0.25, 0.3) is 0 Å². The molecular formula is C14H15BrF3N. The number of aromatic nitrogens is 1. The molecule has 0 spiro atoms. The van der Waals surface area contributed by atoms with Crippen molar-refractivity contribution in [3.05, 3.63) is 33.9 Å². The van der Waals surface area contributed by atoms with Gasteiger partial charge in [-0.2, -0.15) is 13.2 Å². The number of aryl methyl sites for hydroxylation is 1. The molecule has 5 heteroatoms. The third-order valence-corrected chi connectivity index (χ3v) is 4.07. The van der Waals surface area contributed by atoms with Crippen LogP contribution in [0.2, 0.25) is 0 Å². The van der Waals surface area contributed by atoms with Gasteiger partial charge in [-0.15, -0.1) is 0 Å². The van der Waals surface area contributed by atoms with E-state index in [0.29, 0.717) is 10.9 Å². The summed E-state index contributed by atoms with van der Waals surface area (Å²) in [7, 11) is 1.44. The summed E-state index contributed by atoms with van der Waals surface area (Å²) in [6.07, 6.45) is -4.37. The van der Waals surface area contributed by atoms with Gasteiger partial charge in [0.15, 0.2) is 0 Å². The Morgan fingerprint density at radius 3 is 2.16 bits per heavy atom. The van der Waals surface area contributed by atoms with Crippen LogP contribution in [0.3, 0.4) is 0 Å². The third kappa shape index (κ3) is 2.40. The molecule has 0 bridgehead atoms. The van der Waals surface area contributed by atoms with E-state index in [2.05, 4.69) is 15.9 Å². The van der Waals surface area contributed by atoms with E-state index in [0.717, 1.165) is 5.56 Å². The van der Waals surface area contributed by atoms with Crippen molar-refractivity contribution in [2.45, 2.75) is 32.4 Å². The van der Waals surface area contributed by atoms with Gasteiger partial charge in [-0.05, 0) is 39.0 Å². The molecule has 0 fully saturated rings. The van der Waals surface area contributed by atoms with Gasteiger partial charge < -0.3 is 4.57 Å². The summed E-state index contributed by atoms with van der Waals surface area (Å²) in [5.41, 5.74) is 0.850. The summed E-state index contributed by atoms with van der Waals surface area (Å²) in [4.78, 5) is 0. The van der Waals surface area contributed by atoms with E-state index in [4.69, 9.17) is 0 Å². The lowest BCUT2D eigenvalue weighted by molar-refractivity contribution is -0.143. The lowest BCUT2D eigenvalue weighted by Gasteiger charge is -2.19. The summed E-state index contributed by atoms with van der Waals surface area (Å²) < 4.78 is 40.4. The van der Waals surface area contributed by atoms with Gasteiger partial charge >= 0.3 is 6.18 Å². The van der Waals surface area contributed by atoms with Crippen LogP contribution in [-0.4, -0.2) is 4.57 Å². The summed E-state index contributed by atoms with van der Waals surface area (Å²) in [6, 6.07) is 5.46. The third-order valence-electron chi connectivity index (χ3n) is 3.27. The van der Waals surface area contributed by atoms with Gasteiger partial charge in [0.05, 0.1) is 4.47 Å². The molecule has 0 unspecified atom stereocenters. The minimum Gasteiger partial charge on any atom is -0.339 e. The summed E-state index contributed by atoms with van der Waals surface area (Å²) in [5.74, 6) is 0. The molecule has 0 radical (unpaired) electrons. The van der Waals surface area contributed by atoms with E-state index in [9.17, 15) is 13.2 Å². The zero-order valence-electron chi connectivity index (χ0n) is 11.2. The van der Waals surface area contributed by atoms with E-state index in [1.165, 1.54) is 11.6 Å². The predicted molar refractivity (Wildman–Crippen MR) is 74.3 cm³/mol. The first-order valence-corrected chi connectivity index (χ1v) is 6.68. The van der Waals surface area contributed by atoms with E-state index in [1.807, 2.05) is 32.9 Å². The number of alkyl halides is 3. The maximum absolute atomic E-state index is 13.0. The number of benzene rings is 1. The second-order valence-electron chi connectivity index (χ2n) is 5.70. The molecule has 104 valence electrons. The number of hydrogen-bond donors (Lipinski definition) is 0. The van der Waals surface area contributed by atoms with Crippen molar-refractivity contribution in [3.8, 4) is 0 Å². The molecule has 0 saturated heterocycles. The van der Waals surface area contributed by atoms with Gasteiger partial charge in [0.1, 0.15) is 5.69 Å². The van der Waals surface area contributed by atoms with Crippen LogP contribution in [0, 0.1) is 0 Å². The van der Waals surface area contributed by atoms with Crippen LogP contribution in [0.5, 0.6) is 0 Å². The Kier molecular flexibility index (Phi) is 3.24. The Labute approximate surface area is 118 Å². The molecular weight excluding hydrogens is 319 g/mol. The summed E-state index contributed by atoms with van der Waals surface area (Å²) >= 11 is 3.10. The Morgan fingerprint density at radius 2 is 1.68 bits per heavy atom. The largest absolute Gasteiger partial charge is 0.432 e. The number of fused-ring (bicyclic) bond motifs is 1. The first-order chi connectivity index (χ1) is 8.53. The van der Waals surface area contributed by atoms with Gasteiger partial charge in [-0.1, -0.05) is 26.8 Å². The molecule has 19 heavy (non-hydrogen) atoms. The molecule has 0 atom stereocenters. The SMILES string of the molecule is Cn1c(C(F)(F)F)c(Br)c2cc(C(C)(C)C)ccc21. The molecule has 2 aromatic rings. The van der Waals surface area contributed by atoms with Crippen LogP contribution in [0.4, 0.5) is 13.2 Å². The highest BCUT2D eigenvalue weighted by molar-refractivity contribution is 9.10. The van der Waals surface area contributed by atoms with Crippen molar-refractivity contribution in [2.75, 3.05) is 0 Å².